The summed E-state index contributed by atoms with van der Waals surface area (Å²) in [7, 11) is 0. The summed E-state index contributed by atoms with van der Waals surface area (Å²) >= 11 is 30.2. The first kappa shape index (κ1) is 24.5. The lowest BCUT2D eigenvalue weighted by Gasteiger charge is -2.27. The third-order valence-electron chi connectivity index (χ3n) is 3.50. The summed E-state index contributed by atoms with van der Waals surface area (Å²) in [5.41, 5.74) is 2.56. The molecule has 29 heavy (non-hydrogen) atoms. The molecule has 0 radical (unpaired) electrons. The molecule has 0 fully saturated rings. The highest BCUT2D eigenvalue weighted by Crippen LogP contribution is 2.33. The molecule has 0 saturated heterocycles. The summed E-state index contributed by atoms with van der Waals surface area (Å²) in [4.78, 5) is 12.1. The van der Waals surface area contributed by atoms with Gasteiger partial charge in [0, 0.05) is 8.95 Å². The zero-order chi connectivity index (χ0) is 21.6. The van der Waals surface area contributed by atoms with Crippen LogP contribution in [0.4, 0.5) is 10.5 Å². The summed E-state index contributed by atoms with van der Waals surface area (Å²) < 4.78 is 4.84. The second kappa shape index (κ2) is 11.0. The van der Waals surface area contributed by atoms with E-state index in [-0.39, 0.29) is 11.7 Å². The van der Waals surface area contributed by atoms with Gasteiger partial charge in [-0.1, -0.05) is 65.1 Å². The van der Waals surface area contributed by atoms with Crippen molar-refractivity contribution in [3.8, 4) is 0 Å². The fourth-order valence-electron chi connectivity index (χ4n) is 2.18. The minimum Gasteiger partial charge on any atom is -0.445 e. The van der Waals surface area contributed by atoms with Gasteiger partial charge in [0.15, 0.2) is 11.3 Å². The SMILES string of the molecule is Cc1cc(Br)c(NC(=S)N[C@H](NC(=O)OCc2ccccc2)C(Cl)(Cl)Cl)c(Br)c1. The normalized spacial score (nSPS) is 12.1. The van der Waals surface area contributed by atoms with Gasteiger partial charge in [-0.25, -0.2) is 4.79 Å². The highest BCUT2D eigenvalue weighted by molar-refractivity contribution is 9.11. The van der Waals surface area contributed by atoms with E-state index in [1.807, 2.05) is 49.4 Å². The summed E-state index contributed by atoms with van der Waals surface area (Å²) in [5.74, 6) is 0. The van der Waals surface area contributed by atoms with Crippen LogP contribution in [-0.2, 0) is 11.3 Å². The molecule has 0 heterocycles. The average molecular weight is 605 g/mol. The number of halogens is 5. The highest BCUT2D eigenvalue weighted by atomic mass is 79.9. The number of alkyl carbamates (subject to hydrolysis) is 1. The molecule has 1 atom stereocenters. The molecule has 0 aliphatic carbocycles. The number of benzene rings is 2. The predicted molar refractivity (Wildman–Crippen MR) is 130 cm³/mol. The number of ether oxygens (including phenoxy) is 1. The topological polar surface area (TPSA) is 62.4 Å². The molecule has 0 aliphatic rings. The largest absolute Gasteiger partial charge is 0.445 e. The molecule has 2 aromatic carbocycles. The second-order valence-corrected chi connectivity index (χ2v) is 10.4. The van der Waals surface area contributed by atoms with Crippen LogP contribution in [0.1, 0.15) is 11.1 Å². The van der Waals surface area contributed by atoms with Crippen molar-refractivity contribution in [1.29, 1.82) is 0 Å². The predicted octanol–water partition coefficient (Wildman–Crippen LogP) is 6.43. The molecule has 2 rings (SSSR count). The zero-order valence-electron chi connectivity index (χ0n) is 14.9. The summed E-state index contributed by atoms with van der Waals surface area (Å²) in [5, 5.41) is 8.37. The van der Waals surface area contributed by atoms with E-state index >= 15 is 0 Å². The van der Waals surface area contributed by atoms with E-state index in [0.717, 1.165) is 20.1 Å². The van der Waals surface area contributed by atoms with Crippen LogP contribution in [-0.4, -0.2) is 21.2 Å². The molecular formula is C18H16Br2Cl3N3O2S. The Hall–Kier alpha value is -0.770. The Bertz CT molecular complexity index is 859. The van der Waals surface area contributed by atoms with Crippen LogP contribution in [0.5, 0.6) is 0 Å². The Kier molecular flexibility index (Phi) is 9.31. The van der Waals surface area contributed by atoms with E-state index in [0.29, 0.717) is 5.69 Å². The molecule has 3 N–H and O–H groups in total. The monoisotopic (exact) mass is 601 g/mol. The first-order valence-electron chi connectivity index (χ1n) is 8.13. The summed E-state index contributed by atoms with van der Waals surface area (Å²) in [6.45, 7) is 2.03. The van der Waals surface area contributed by atoms with Crippen molar-refractivity contribution in [1.82, 2.24) is 10.6 Å². The third kappa shape index (κ3) is 8.11. The van der Waals surface area contributed by atoms with Gasteiger partial charge in [-0.05, 0) is 74.3 Å². The van der Waals surface area contributed by atoms with Crippen LogP contribution in [0.15, 0.2) is 51.4 Å². The van der Waals surface area contributed by atoms with Gasteiger partial charge in [0.1, 0.15) is 6.61 Å². The molecule has 0 saturated carbocycles. The van der Waals surface area contributed by atoms with Crippen molar-refractivity contribution in [2.45, 2.75) is 23.5 Å². The maximum absolute atomic E-state index is 12.1. The van der Waals surface area contributed by atoms with Gasteiger partial charge < -0.3 is 15.4 Å². The number of alkyl halides is 3. The van der Waals surface area contributed by atoms with Crippen LogP contribution in [0.3, 0.4) is 0 Å². The fraction of sp³-hybridized carbons (Fsp3) is 0.222. The van der Waals surface area contributed by atoms with Crippen LogP contribution in [0, 0.1) is 6.92 Å². The van der Waals surface area contributed by atoms with Gasteiger partial charge in [0.25, 0.3) is 0 Å². The van der Waals surface area contributed by atoms with Crippen molar-refractivity contribution in [2.75, 3.05) is 5.32 Å². The zero-order valence-corrected chi connectivity index (χ0v) is 21.2. The van der Waals surface area contributed by atoms with Gasteiger partial charge in [-0.15, -0.1) is 0 Å². The van der Waals surface area contributed by atoms with Gasteiger partial charge in [-0.2, -0.15) is 0 Å². The average Bonchev–Trinajstić information content (AvgIpc) is 2.62. The van der Waals surface area contributed by atoms with Crippen molar-refractivity contribution in [3.05, 3.63) is 62.5 Å². The maximum atomic E-state index is 12.1. The lowest BCUT2D eigenvalue weighted by Crippen LogP contribution is -2.56. The molecule has 11 heteroatoms. The van der Waals surface area contributed by atoms with Crippen molar-refractivity contribution >= 4 is 95.8 Å². The molecule has 0 bridgehead atoms. The molecule has 0 aromatic heterocycles. The van der Waals surface area contributed by atoms with E-state index in [1.165, 1.54) is 0 Å². The van der Waals surface area contributed by atoms with E-state index in [1.54, 1.807) is 0 Å². The van der Waals surface area contributed by atoms with Gasteiger partial charge in [0.2, 0.25) is 3.79 Å². The van der Waals surface area contributed by atoms with Gasteiger partial charge in [-0.3, -0.25) is 5.32 Å². The molecule has 5 nitrogen and oxygen atoms in total. The Labute approximate surface area is 206 Å². The molecule has 2 aromatic rings. The number of rotatable bonds is 5. The van der Waals surface area contributed by atoms with Gasteiger partial charge in [0.05, 0.1) is 5.69 Å². The highest BCUT2D eigenvalue weighted by Gasteiger charge is 2.35. The Morgan fingerprint density at radius 3 is 2.28 bits per heavy atom. The number of thiocarbonyl (C=S) groups is 1. The smallest absolute Gasteiger partial charge is 0.409 e. The summed E-state index contributed by atoms with van der Waals surface area (Å²) in [6, 6.07) is 13.0. The lowest BCUT2D eigenvalue weighted by molar-refractivity contribution is 0.135. The molecule has 0 unspecified atom stereocenters. The van der Waals surface area contributed by atoms with Crippen molar-refractivity contribution < 1.29 is 9.53 Å². The quantitative estimate of drug-likeness (QED) is 0.209. The van der Waals surface area contributed by atoms with Crippen LogP contribution >= 0.6 is 78.9 Å². The van der Waals surface area contributed by atoms with E-state index in [2.05, 4.69) is 47.8 Å². The minimum atomic E-state index is -1.89. The molecule has 0 aliphatic heterocycles. The van der Waals surface area contributed by atoms with E-state index in [4.69, 9.17) is 51.8 Å². The number of hydrogen-bond acceptors (Lipinski definition) is 3. The number of carbonyl (C=O) groups is 1. The maximum Gasteiger partial charge on any atom is 0.409 e. The molecule has 156 valence electrons. The molecule has 1 amide bonds. The number of nitrogens with one attached hydrogen (secondary N) is 3. The second-order valence-electron chi connectivity index (χ2n) is 5.88. The number of anilines is 1. The number of amides is 1. The Morgan fingerprint density at radius 2 is 1.72 bits per heavy atom. The van der Waals surface area contributed by atoms with E-state index in [9.17, 15) is 4.79 Å². The summed E-state index contributed by atoms with van der Waals surface area (Å²) in [6.07, 6.45) is -1.91. The number of carbonyl (C=O) groups excluding carboxylic acids is 1. The number of hydrogen-bond donors (Lipinski definition) is 3. The first-order chi connectivity index (χ1) is 13.6. The fourth-order valence-corrected chi connectivity index (χ4v) is 4.34. The Balaban J connectivity index is 1.99. The standard InChI is InChI=1S/C18H16Br2Cl3N3O2S/c1-10-7-12(19)14(13(20)8-10)24-16(29)25-15(18(21,22)23)26-17(27)28-9-11-5-3-2-4-6-11/h2-8,15H,9H2,1H3,(H,26,27)(H2,24,25,29)/t15-/m1/s1. The first-order valence-corrected chi connectivity index (χ1v) is 11.3. The van der Waals surface area contributed by atoms with Crippen LogP contribution < -0.4 is 16.0 Å². The van der Waals surface area contributed by atoms with Crippen molar-refractivity contribution in [2.24, 2.45) is 0 Å². The lowest BCUT2D eigenvalue weighted by atomic mass is 10.2. The van der Waals surface area contributed by atoms with Crippen LogP contribution in [0.25, 0.3) is 0 Å². The molecular weight excluding hydrogens is 588 g/mol. The minimum absolute atomic E-state index is 0.0746. The third-order valence-corrected chi connectivity index (χ3v) is 5.63. The molecule has 0 spiro atoms. The van der Waals surface area contributed by atoms with Crippen LogP contribution in [0.2, 0.25) is 0 Å². The van der Waals surface area contributed by atoms with E-state index < -0.39 is 16.1 Å². The van der Waals surface area contributed by atoms with Gasteiger partial charge >= 0.3 is 6.09 Å². The number of aryl methyl sites for hydroxylation is 1. The van der Waals surface area contributed by atoms with Crippen molar-refractivity contribution in [3.63, 3.8) is 0 Å². The Morgan fingerprint density at radius 1 is 1.14 bits per heavy atom.